The smallest absolute Gasteiger partial charge is 0.184 e. The van der Waals surface area contributed by atoms with Gasteiger partial charge in [0.1, 0.15) is 18.3 Å². The van der Waals surface area contributed by atoms with Crippen molar-refractivity contribution in [1.82, 2.24) is 4.90 Å². The van der Waals surface area contributed by atoms with Gasteiger partial charge in [0.25, 0.3) is 0 Å². The van der Waals surface area contributed by atoms with Crippen LogP contribution in [0.15, 0.2) is 30.3 Å². The lowest BCUT2D eigenvalue weighted by Gasteiger charge is -2.51. The number of methoxy groups -OCH3 is 1. The third-order valence-corrected chi connectivity index (χ3v) is 5.45. The molecule has 3 fully saturated rings. The second-order valence-corrected chi connectivity index (χ2v) is 7.03. The van der Waals surface area contributed by atoms with E-state index in [-0.39, 0.29) is 12.1 Å². The molecule has 1 unspecified atom stereocenters. The monoisotopic (exact) mass is 349 g/mol. The average molecular weight is 349 g/mol. The van der Waals surface area contributed by atoms with E-state index < -0.39 is 24.8 Å². The lowest BCUT2D eigenvalue weighted by Crippen LogP contribution is -2.67. The molecule has 1 N–H and O–H groups in total. The number of aliphatic hydroxyl groups is 1. The lowest BCUT2D eigenvalue weighted by atomic mass is 9.93. The number of ether oxygens (including phenoxy) is 4. The van der Waals surface area contributed by atoms with Crippen LogP contribution in [0.1, 0.15) is 31.1 Å². The SMILES string of the molecule is CO[C@@H]1O[C@@H]2COC(c3ccccc3)O[C@H]2[C@H](O)[C@H]1N1CCCCC1. The van der Waals surface area contributed by atoms with E-state index in [4.69, 9.17) is 18.9 Å². The van der Waals surface area contributed by atoms with Crippen LogP contribution in [0.5, 0.6) is 0 Å². The van der Waals surface area contributed by atoms with Crippen LogP contribution in [0, 0.1) is 0 Å². The molecule has 6 atom stereocenters. The summed E-state index contributed by atoms with van der Waals surface area (Å²) < 4.78 is 23.6. The summed E-state index contributed by atoms with van der Waals surface area (Å²) in [6.07, 6.45) is 1.19. The molecule has 3 heterocycles. The van der Waals surface area contributed by atoms with Gasteiger partial charge >= 0.3 is 0 Å². The number of aliphatic hydroxyl groups excluding tert-OH is 1. The normalized spacial score (nSPS) is 39.8. The van der Waals surface area contributed by atoms with E-state index in [2.05, 4.69) is 4.90 Å². The minimum Gasteiger partial charge on any atom is -0.388 e. The van der Waals surface area contributed by atoms with E-state index in [1.165, 1.54) is 6.42 Å². The molecule has 0 radical (unpaired) electrons. The number of fused-ring (bicyclic) bond motifs is 1. The summed E-state index contributed by atoms with van der Waals surface area (Å²) in [6.45, 7) is 2.30. The predicted molar refractivity (Wildman–Crippen MR) is 90.9 cm³/mol. The van der Waals surface area contributed by atoms with Crippen molar-refractivity contribution in [1.29, 1.82) is 0 Å². The van der Waals surface area contributed by atoms with Crippen molar-refractivity contribution in [3.63, 3.8) is 0 Å². The Morgan fingerprint density at radius 1 is 1.08 bits per heavy atom. The fraction of sp³-hybridized carbons (Fsp3) is 0.684. The Labute approximate surface area is 148 Å². The first-order chi connectivity index (χ1) is 12.3. The fourth-order valence-electron chi connectivity index (χ4n) is 4.16. The standard InChI is InChI=1S/C19H27NO5/c1-22-19-15(20-10-6-3-7-11-20)16(21)17-14(24-19)12-23-18(25-17)13-8-4-2-5-9-13/h2,4-5,8-9,14-19,21H,3,6-7,10-12H2,1H3/t14-,15-,16-,17-,18?,19-/m1/s1. The minimum absolute atomic E-state index is 0.207. The number of hydrogen-bond acceptors (Lipinski definition) is 6. The molecule has 1 aromatic carbocycles. The molecule has 25 heavy (non-hydrogen) atoms. The maximum Gasteiger partial charge on any atom is 0.184 e. The first-order valence-corrected chi connectivity index (χ1v) is 9.20. The molecule has 0 amide bonds. The highest BCUT2D eigenvalue weighted by Gasteiger charge is 2.51. The Bertz CT molecular complexity index is 550. The van der Waals surface area contributed by atoms with Crippen molar-refractivity contribution in [3.05, 3.63) is 35.9 Å². The molecule has 0 saturated carbocycles. The first kappa shape index (κ1) is 17.4. The van der Waals surface area contributed by atoms with Gasteiger partial charge in [-0.2, -0.15) is 0 Å². The van der Waals surface area contributed by atoms with Crippen LogP contribution in [-0.2, 0) is 18.9 Å². The Morgan fingerprint density at radius 3 is 2.56 bits per heavy atom. The summed E-state index contributed by atoms with van der Waals surface area (Å²) in [4.78, 5) is 2.29. The molecule has 138 valence electrons. The van der Waals surface area contributed by atoms with Crippen LogP contribution in [0.2, 0.25) is 0 Å². The van der Waals surface area contributed by atoms with Crippen LogP contribution >= 0.6 is 0 Å². The molecule has 0 spiro atoms. The Kier molecular flexibility index (Phi) is 5.36. The molecule has 1 aromatic rings. The molecule has 3 aliphatic rings. The second kappa shape index (κ2) is 7.70. The Balaban J connectivity index is 1.52. The molecule has 3 saturated heterocycles. The highest BCUT2D eigenvalue weighted by Crippen LogP contribution is 2.36. The number of benzene rings is 1. The highest BCUT2D eigenvalue weighted by molar-refractivity contribution is 5.16. The zero-order valence-electron chi connectivity index (χ0n) is 14.6. The number of hydrogen-bond donors (Lipinski definition) is 1. The van der Waals surface area contributed by atoms with Crippen molar-refractivity contribution < 1.29 is 24.1 Å². The van der Waals surface area contributed by atoms with E-state index >= 15 is 0 Å². The van der Waals surface area contributed by atoms with E-state index in [1.54, 1.807) is 7.11 Å². The van der Waals surface area contributed by atoms with Gasteiger partial charge in [-0.1, -0.05) is 36.8 Å². The third-order valence-electron chi connectivity index (χ3n) is 5.45. The van der Waals surface area contributed by atoms with Crippen LogP contribution in [0.25, 0.3) is 0 Å². The number of rotatable bonds is 3. The summed E-state index contributed by atoms with van der Waals surface area (Å²) in [6, 6.07) is 9.62. The van der Waals surface area contributed by atoms with Gasteiger partial charge < -0.3 is 24.1 Å². The van der Waals surface area contributed by atoms with Crippen LogP contribution in [-0.4, -0.2) is 67.5 Å². The van der Waals surface area contributed by atoms with E-state index in [1.807, 2.05) is 30.3 Å². The van der Waals surface area contributed by atoms with Crippen LogP contribution in [0.4, 0.5) is 0 Å². The summed E-state index contributed by atoms with van der Waals surface area (Å²) in [7, 11) is 1.63. The zero-order chi connectivity index (χ0) is 17.2. The van der Waals surface area contributed by atoms with Crippen LogP contribution in [0.3, 0.4) is 0 Å². The third kappa shape index (κ3) is 3.47. The van der Waals surface area contributed by atoms with E-state index in [0.29, 0.717) is 6.61 Å². The largest absolute Gasteiger partial charge is 0.388 e. The molecular formula is C19H27NO5. The minimum atomic E-state index is -0.670. The van der Waals surface area contributed by atoms with Crippen molar-refractivity contribution in [2.45, 2.75) is 56.2 Å². The molecule has 0 aliphatic carbocycles. The van der Waals surface area contributed by atoms with E-state index in [9.17, 15) is 5.11 Å². The predicted octanol–water partition coefficient (Wildman–Crippen LogP) is 1.69. The summed E-state index contributed by atoms with van der Waals surface area (Å²) in [5.74, 6) is 0. The molecule has 3 aliphatic heterocycles. The summed E-state index contributed by atoms with van der Waals surface area (Å²) >= 11 is 0. The molecule has 6 nitrogen and oxygen atoms in total. The van der Waals surface area contributed by atoms with Crippen LogP contribution < -0.4 is 0 Å². The topological polar surface area (TPSA) is 60.4 Å². The van der Waals surface area contributed by atoms with Crippen molar-refractivity contribution in [3.8, 4) is 0 Å². The maximum atomic E-state index is 11.1. The molecule has 0 bridgehead atoms. The second-order valence-electron chi connectivity index (χ2n) is 7.03. The summed E-state index contributed by atoms with van der Waals surface area (Å²) in [5, 5.41) is 11.1. The first-order valence-electron chi connectivity index (χ1n) is 9.20. The average Bonchev–Trinajstić information content (AvgIpc) is 2.69. The Hall–Kier alpha value is -1.02. The number of piperidine rings is 1. The van der Waals surface area contributed by atoms with Crippen molar-refractivity contribution >= 4 is 0 Å². The van der Waals surface area contributed by atoms with Gasteiger partial charge in [0.15, 0.2) is 12.6 Å². The van der Waals surface area contributed by atoms with Gasteiger partial charge in [-0.3, -0.25) is 4.90 Å². The fourth-order valence-corrected chi connectivity index (χ4v) is 4.16. The number of nitrogens with zero attached hydrogens (tertiary/aromatic N) is 1. The van der Waals surface area contributed by atoms with Crippen molar-refractivity contribution in [2.75, 3.05) is 26.8 Å². The highest BCUT2D eigenvalue weighted by atomic mass is 16.7. The van der Waals surface area contributed by atoms with Gasteiger partial charge in [-0.05, 0) is 25.9 Å². The molecule has 6 heteroatoms. The van der Waals surface area contributed by atoms with Crippen molar-refractivity contribution in [2.24, 2.45) is 0 Å². The van der Waals surface area contributed by atoms with E-state index in [0.717, 1.165) is 31.5 Å². The summed E-state index contributed by atoms with van der Waals surface area (Å²) in [5.41, 5.74) is 0.955. The quantitative estimate of drug-likeness (QED) is 0.896. The van der Waals surface area contributed by atoms with Gasteiger partial charge in [-0.15, -0.1) is 0 Å². The lowest BCUT2D eigenvalue weighted by molar-refractivity contribution is -0.350. The maximum absolute atomic E-state index is 11.1. The number of likely N-dealkylation sites (tertiary alicyclic amines) is 1. The van der Waals surface area contributed by atoms with Gasteiger partial charge in [0.05, 0.1) is 12.6 Å². The molecule has 0 aromatic heterocycles. The van der Waals surface area contributed by atoms with Gasteiger partial charge in [0, 0.05) is 12.7 Å². The molecular weight excluding hydrogens is 322 g/mol. The zero-order valence-corrected chi connectivity index (χ0v) is 14.6. The van der Waals surface area contributed by atoms with Gasteiger partial charge in [-0.25, -0.2) is 0 Å². The molecule has 4 rings (SSSR count). The van der Waals surface area contributed by atoms with Gasteiger partial charge in [0.2, 0.25) is 0 Å². The Morgan fingerprint density at radius 2 is 1.84 bits per heavy atom.